The fourth-order valence-electron chi connectivity index (χ4n) is 2.88. The zero-order chi connectivity index (χ0) is 8.55. The van der Waals surface area contributed by atoms with Gasteiger partial charge in [-0.1, -0.05) is 0 Å². The van der Waals surface area contributed by atoms with Gasteiger partial charge in [-0.25, -0.2) is 4.39 Å². The molecule has 1 aliphatic carbocycles. The van der Waals surface area contributed by atoms with Crippen molar-refractivity contribution in [3.05, 3.63) is 0 Å². The molecule has 0 aromatic rings. The van der Waals surface area contributed by atoms with E-state index in [9.17, 15) is 4.39 Å². The van der Waals surface area contributed by atoms with Gasteiger partial charge in [-0.15, -0.1) is 0 Å². The van der Waals surface area contributed by atoms with Crippen LogP contribution in [0.25, 0.3) is 0 Å². The van der Waals surface area contributed by atoms with Gasteiger partial charge in [0.2, 0.25) is 0 Å². The Hall–Kier alpha value is -0.150. The number of aliphatic hydroxyl groups is 1. The summed E-state index contributed by atoms with van der Waals surface area (Å²) in [7, 11) is 0. The number of nitrogens with zero attached hydrogens (tertiary/aromatic N) is 1. The molecule has 0 aromatic heterocycles. The first-order chi connectivity index (χ1) is 5.86. The lowest BCUT2D eigenvalue weighted by molar-refractivity contribution is 0.0788. The second kappa shape index (κ2) is 3.30. The molecule has 1 heterocycles. The minimum absolute atomic E-state index is 0.209. The van der Waals surface area contributed by atoms with E-state index in [2.05, 4.69) is 4.90 Å². The summed E-state index contributed by atoms with van der Waals surface area (Å²) < 4.78 is 12.2. The molecule has 1 aliphatic heterocycles. The van der Waals surface area contributed by atoms with Crippen molar-refractivity contribution in [2.75, 3.05) is 19.8 Å². The van der Waals surface area contributed by atoms with E-state index in [-0.39, 0.29) is 19.3 Å². The zero-order valence-corrected chi connectivity index (χ0v) is 7.25. The van der Waals surface area contributed by atoms with Crippen LogP contribution in [0, 0.1) is 5.92 Å². The molecule has 2 nitrogen and oxygen atoms in total. The number of aliphatic hydroxyl groups excluding tert-OH is 1. The van der Waals surface area contributed by atoms with Crippen molar-refractivity contribution in [2.24, 2.45) is 5.92 Å². The Morgan fingerprint density at radius 2 is 2.25 bits per heavy atom. The van der Waals surface area contributed by atoms with Gasteiger partial charge in [0.1, 0.15) is 6.67 Å². The third kappa shape index (κ3) is 1.15. The standard InChI is InChI=1S/C9H16FNO/c10-3-4-11-8-2-1-7(5-8)9(11)6-12/h7-9,12H,1-6H2. The minimum atomic E-state index is -0.278. The molecule has 12 heavy (non-hydrogen) atoms. The van der Waals surface area contributed by atoms with E-state index < -0.39 is 0 Å². The second-order valence-electron chi connectivity index (χ2n) is 3.90. The molecular formula is C9H16FNO. The van der Waals surface area contributed by atoms with Crippen LogP contribution in [0.1, 0.15) is 19.3 Å². The van der Waals surface area contributed by atoms with Crippen LogP contribution in [0.15, 0.2) is 0 Å². The highest BCUT2D eigenvalue weighted by Crippen LogP contribution is 2.41. The quantitative estimate of drug-likeness (QED) is 0.682. The lowest BCUT2D eigenvalue weighted by Crippen LogP contribution is -2.44. The number of fused-ring (bicyclic) bond motifs is 2. The molecule has 3 atom stereocenters. The van der Waals surface area contributed by atoms with Crippen molar-refractivity contribution < 1.29 is 9.50 Å². The second-order valence-corrected chi connectivity index (χ2v) is 3.90. The van der Waals surface area contributed by atoms with E-state index in [0.29, 0.717) is 18.5 Å². The van der Waals surface area contributed by atoms with Gasteiger partial charge in [0, 0.05) is 18.6 Å². The zero-order valence-electron chi connectivity index (χ0n) is 7.25. The van der Waals surface area contributed by atoms with Gasteiger partial charge in [-0.3, -0.25) is 4.90 Å². The van der Waals surface area contributed by atoms with Gasteiger partial charge in [0.25, 0.3) is 0 Å². The molecule has 1 saturated carbocycles. The van der Waals surface area contributed by atoms with Gasteiger partial charge in [0.15, 0.2) is 0 Å². The Bertz CT molecular complexity index is 165. The van der Waals surface area contributed by atoms with Crippen LogP contribution < -0.4 is 0 Å². The first-order valence-corrected chi connectivity index (χ1v) is 4.79. The van der Waals surface area contributed by atoms with Crippen molar-refractivity contribution in [3.63, 3.8) is 0 Å². The van der Waals surface area contributed by atoms with E-state index in [1.807, 2.05) is 0 Å². The molecule has 3 unspecified atom stereocenters. The highest BCUT2D eigenvalue weighted by Gasteiger charge is 2.44. The number of hydrogen-bond acceptors (Lipinski definition) is 2. The van der Waals surface area contributed by atoms with E-state index >= 15 is 0 Å². The lowest BCUT2D eigenvalue weighted by atomic mass is 10.00. The van der Waals surface area contributed by atoms with Crippen LogP contribution in [0.2, 0.25) is 0 Å². The predicted molar refractivity (Wildman–Crippen MR) is 44.7 cm³/mol. The number of rotatable bonds is 3. The maximum atomic E-state index is 12.2. The third-order valence-corrected chi connectivity index (χ3v) is 3.41. The predicted octanol–water partition coefficient (Wildman–Crippen LogP) is 0.801. The summed E-state index contributed by atoms with van der Waals surface area (Å²) in [6.45, 7) is 0.452. The Morgan fingerprint density at radius 1 is 1.42 bits per heavy atom. The highest BCUT2D eigenvalue weighted by atomic mass is 19.1. The van der Waals surface area contributed by atoms with Gasteiger partial charge in [0.05, 0.1) is 6.61 Å². The van der Waals surface area contributed by atoms with Crippen molar-refractivity contribution >= 4 is 0 Å². The summed E-state index contributed by atoms with van der Waals surface area (Å²) in [6.07, 6.45) is 3.63. The third-order valence-electron chi connectivity index (χ3n) is 3.41. The molecule has 1 N–H and O–H groups in total. The van der Waals surface area contributed by atoms with Crippen molar-refractivity contribution in [1.82, 2.24) is 4.90 Å². The smallest absolute Gasteiger partial charge is 0.102 e. The molecule has 2 fully saturated rings. The van der Waals surface area contributed by atoms with E-state index in [0.717, 1.165) is 0 Å². The molecule has 0 radical (unpaired) electrons. The number of halogens is 1. The molecule has 2 aliphatic rings. The van der Waals surface area contributed by atoms with Crippen molar-refractivity contribution in [3.8, 4) is 0 Å². The molecule has 2 rings (SSSR count). The molecule has 2 bridgehead atoms. The maximum absolute atomic E-state index is 12.2. The van der Waals surface area contributed by atoms with Crippen molar-refractivity contribution in [2.45, 2.75) is 31.3 Å². The summed E-state index contributed by atoms with van der Waals surface area (Å²) in [5, 5.41) is 9.12. The van der Waals surface area contributed by atoms with Crippen LogP contribution in [0.3, 0.4) is 0 Å². The average Bonchev–Trinajstić information content (AvgIpc) is 2.64. The number of hydrogen-bond donors (Lipinski definition) is 1. The largest absolute Gasteiger partial charge is 0.395 e. The normalized spacial score (nSPS) is 41.0. The van der Waals surface area contributed by atoms with Gasteiger partial charge in [-0.2, -0.15) is 0 Å². The SMILES string of the molecule is OCC1C2CCC(C2)N1CCF. The van der Waals surface area contributed by atoms with Crippen LogP contribution in [0.4, 0.5) is 4.39 Å². The van der Waals surface area contributed by atoms with E-state index in [4.69, 9.17) is 5.11 Å². The molecule has 0 spiro atoms. The minimum Gasteiger partial charge on any atom is -0.395 e. The first-order valence-electron chi connectivity index (χ1n) is 4.79. The maximum Gasteiger partial charge on any atom is 0.102 e. The summed E-state index contributed by atoms with van der Waals surface area (Å²) in [4.78, 5) is 2.16. The van der Waals surface area contributed by atoms with Crippen LogP contribution in [0.5, 0.6) is 0 Å². The first kappa shape index (κ1) is 8.45. The summed E-state index contributed by atoms with van der Waals surface area (Å²) >= 11 is 0. The monoisotopic (exact) mass is 173 g/mol. The molecule has 3 heteroatoms. The Labute approximate surface area is 72.4 Å². The van der Waals surface area contributed by atoms with Gasteiger partial charge < -0.3 is 5.11 Å². The topological polar surface area (TPSA) is 23.5 Å². The average molecular weight is 173 g/mol. The summed E-state index contributed by atoms with van der Waals surface area (Å²) in [5.74, 6) is 0.645. The Kier molecular flexibility index (Phi) is 2.33. The molecule has 70 valence electrons. The van der Waals surface area contributed by atoms with Gasteiger partial charge >= 0.3 is 0 Å². The fourth-order valence-corrected chi connectivity index (χ4v) is 2.88. The van der Waals surface area contributed by atoms with Crippen LogP contribution in [-0.2, 0) is 0 Å². The lowest BCUT2D eigenvalue weighted by Gasteiger charge is -2.33. The fraction of sp³-hybridized carbons (Fsp3) is 1.00. The number of likely N-dealkylation sites (tertiary alicyclic amines) is 1. The molecule has 1 saturated heterocycles. The van der Waals surface area contributed by atoms with Gasteiger partial charge in [-0.05, 0) is 25.2 Å². The molecule has 0 amide bonds. The molecular weight excluding hydrogens is 157 g/mol. The number of alkyl halides is 1. The van der Waals surface area contributed by atoms with Crippen molar-refractivity contribution in [1.29, 1.82) is 0 Å². The summed E-state index contributed by atoms with van der Waals surface area (Å²) in [6, 6.07) is 0.836. The van der Waals surface area contributed by atoms with E-state index in [1.165, 1.54) is 19.3 Å². The van der Waals surface area contributed by atoms with Crippen LogP contribution in [-0.4, -0.2) is 41.9 Å². The number of piperidine rings is 1. The Balaban J connectivity index is 2.01. The highest BCUT2D eigenvalue weighted by molar-refractivity contribution is 4.98. The Morgan fingerprint density at radius 3 is 2.92 bits per heavy atom. The van der Waals surface area contributed by atoms with E-state index in [1.54, 1.807) is 0 Å². The summed E-state index contributed by atoms with van der Waals surface area (Å²) in [5.41, 5.74) is 0. The van der Waals surface area contributed by atoms with Crippen LogP contribution >= 0.6 is 0 Å². The molecule has 0 aromatic carbocycles.